The van der Waals surface area contributed by atoms with E-state index < -0.39 is 5.91 Å². The van der Waals surface area contributed by atoms with Crippen LogP contribution in [0.1, 0.15) is 16.1 Å². The number of primary amides is 1. The van der Waals surface area contributed by atoms with Crippen molar-refractivity contribution in [3.05, 3.63) is 72.1 Å². The van der Waals surface area contributed by atoms with Crippen molar-refractivity contribution >= 4 is 28.3 Å². The van der Waals surface area contributed by atoms with E-state index >= 15 is 0 Å². The first-order chi connectivity index (χ1) is 16.0. The van der Waals surface area contributed by atoms with Crippen molar-refractivity contribution in [3.63, 3.8) is 0 Å². The first-order valence-electron chi connectivity index (χ1n) is 10.8. The molecule has 2 aliphatic heterocycles. The van der Waals surface area contributed by atoms with Crippen LogP contribution in [0.15, 0.2) is 67.3 Å². The zero-order chi connectivity index (χ0) is 23.0. The summed E-state index contributed by atoms with van der Waals surface area (Å²) in [5.41, 5.74) is 7.18. The summed E-state index contributed by atoms with van der Waals surface area (Å²) in [7, 11) is 0. The predicted molar refractivity (Wildman–Crippen MR) is 129 cm³/mol. The Kier molecular flexibility index (Phi) is 5.38. The second kappa shape index (κ2) is 8.37. The van der Waals surface area contributed by atoms with Crippen molar-refractivity contribution < 1.29 is 14.3 Å². The third kappa shape index (κ3) is 4.09. The van der Waals surface area contributed by atoms with Crippen molar-refractivity contribution in [2.24, 2.45) is 11.1 Å². The second-order valence-corrected chi connectivity index (χ2v) is 9.53. The van der Waals surface area contributed by atoms with Gasteiger partial charge in [0.25, 0.3) is 5.91 Å². The molecule has 2 aliphatic rings. The van der Waals surface area contributed by atoms with Gasteiger partial charge in [-0.15, -0.1) is 0 Å². The third-order valence-corrected chi connectivity index (χ3v) is 7.32. The van der Waals surface area contributed by atoms with Crippen LogP contribution in [0.3, 0.4) is 0 Å². The fraction of sp³-hybridized carbons (Fsp3) is 0.240. The number of benzene rings is 2. The Morgan fingerprint density at radius 1 is 1.06 bits per heavy atom. The van der Waals surface area contributed by atoms with E-state index in [9.17, 15) is 9.59 Å². The quantitative estimate of drug-likeness (QED) is 0.563. The Morgan fingerprint density at radius 2 is 1.76 bits per heavy atom. The second-order valence-electron chi connectivity index (χ2n) is 8.55. The molecule has 0 saturated carbocycles. The van der Waals surface area contributed by atoms with Crippen LogP contribution in [0.25, 0.3) is 11.3 Å². The number of nitrogens with two attached hydrogens (primary N) is 1. The molecular weight excluding hydrogens is 436 g/mol. The van der Waals surface area contributed by atoms with Gasteiger partial charge in [-0.3, -0.25) is 9.59 Å². The summed E-state index contributed by atoms with van der Waals surface area (Å²) in [6.07, 6.45) is 2.35. The van der Waals surface area contributed by atoms with Crippen LogP contribution in [0.2, 0.25) is 0 Å². The molecule has 1 spiro atoms. The van der Waals surface area contributed by atoms with Crippen LogP contribution in [0, 0.1) is 5.41 Å². The molecule has 2 fully saturated rings. The van der Waals surface area contributed by atoms with Crippen molar-refractivity contribution in [2.45, 2.75) is 6.42 Å². The molecule has 168 valence electrons. The van der Waals surface area contributed by atoms with Crippen LogP contribution in [-0.2, 0) is 4.79 Å². The monoisotopic (exact) mass is 460 g/mol. The summed E-state index contributed by atoms with van der Waals surface area (Å²) in [5, 5.41) is 0.786. The maximum atomic E-state index is 12.2. The van der Waals surface area contributed by atoms with Crippen LogP contribution >= 0.6 is 11.3 Å². The van der Waals surface area contributed by atoms with E-state index in [0.29, 0.717) is 16.3 Å². The molecule has 0 aliphatic carbocycles. The van der Waals surface area contributed by atoms with Gasteiger partial charge < -0.3 is 20.3 Å². The minimum Gasteiger partial charge on any atom is -0.457 e. The van der Waals surface area contributed by atoms with E-state index in [2.05, 4.69) is 11.5 Å². The molecule has 33 heavy (non-hydrogen) atoms. The number of anilines is 1. The Labute approximate surface area is 196 Å². The van der Waals surface area contributed by atoms with Gasteiger partial charge in [0.15, 0.2) is 5.13 Å². The Bertz CT molecular complexity index is 1200. The normalized spacial score (nSPS) is 16.5. The number of rotatable bonds is 6. The molecule has 0 unspecified atom stereocenters. The van der Waals surface area contributed by atoms with E-state index in [1.165, 1.54) is 17.4 Å². The molecular formula is C25H24N4O3S. The van der Waals surface area contributed by atoms with Gasteiger partial charge in [-0.05, 0) is 48.9 Å². The maximum absolute atomic E-state index is 12.2. The van der Waals surface area contributed by atoms with Gasteiger partial charge in [0, 0.05) is 37.2 Å². The topological polar surface area (TPSA) is 88.8 Å². The SMILES string of the molecule is C=CC(=O)N1CC2(CCN(c3nc(-c4ccc(Oc5ccccc5)cc4)c(C(N)=O)s3)C2)C1. The van der Waals surface area contributed by atoms with Crippen LogP contribution < -0.4 is 15.4 Å². The summed E-state index contributed by atoms with van der Waals surface area (Å²) < 4.78 is 5.86. The number of thiazole rings is 1. The van der Waals surface area contributed by atoms with Crippen molar-refractivity contribution in [3.8, 4) is 22.8 Å². The lowest BCUT2D eigenvalue weighted by molar-refractivity contribution is -0.136. The zero-order valence-electron chi connectivity index (χ0n) is 18.1. The van der Waals surface area contributed by atoms with Crippen LogP contribution in [0.5, 0.6) is 11.5 Å². The average molecular weight is 461 g/mol. The lowest BCUT2D eigenvalue weighted by atomic mass is 9.79. The minimum absolute atomic E-state index is 0.0219. The van der Waals surface area contributed by atoms with Gasteiger partial charge in [-0.1, -0.05) is 36.1 Å². The first-order valence-corrected chi connectivity index (χ1v) is 11.6. The summed E-state index contributed by atoms with van der Waals surface area (Å²) in [6.45, 7) is 6.68. The number of carbonyl (C=O) groups is 2. The van der Waals surface area contributed by atoms with Gasteiger partial charge >= 0.3 is 0 Å². The van der Waals surface area contributed by atoms with Crippen molar-refractivity contribution in [1.29, 1.82) is 0 Å². The molecule has 2 saturated heterocycles. The van der Waals surface area contributed by atoms with Gasteiger partial charge in [-0.25, -0.2) is 4.98 Å². The fourth-order valence-electron chi connectivity index (χ4n) is 4.52. The summed E-state index contributed by atoms with van der Waals surface area (Å²) in [6, 6.07) is 17.0. The largest absolute Gasteiger partial charge is 0.457 e. The van der Waals surface area contributed by atoms with E-state index in [0.717, 1.165) is 49.0 Å². The average Bonchev–Trinajstić information content (AvgIpc) is 3.44. The predicted octanol–water partition coefficient (Wildman–Crippen LogP) is 3.93. The fourth-order valence-corrected chi connectivity index (χ4v) is 5.48. The Hall–Kier alpha value is -3.65. The number of hydrogen-bond acceptors (Lipinski definition) is 6. The highest BCUT2D eigenvalue weighted by molar-refractivity contribution is 7.18. The first kappa shape index (κ1) is 21.2. The number of likely N-dealkylation sites (tertiary alicyclic amines) is 1. The van der Waals surface area contributed by atoms with E-state index in [1.807, 2.05) is 59.5 Å². The lowest BCUT2D eigenvalue weighted by Gasteiger charge is -2.47. The molecule has 8 heteroatoms. The molecule has 5 rings (SSSR count). The molecule has 3 heterocycles. The molecule has 0 atom stereocenters. The lowest BCUT2D eigenvalue weighted by Crippen LogP contribution is -2.59. The summed E-state index contributed by atoms with van der Waals surface area (Å²) >= 11 is 1.33. The molecule has 2 N–H and O–H groups in total. The van der Waals surface area contributed by atoms with Gasteiger partial charge in [0.1, 0.15) is 16.4 Å². The van der Waals surface area contributed by atoms with Gasteiger partial charge in [-0.2, -0.15) is 0 Å². The highest BCUT2D eigenvalue weighted by atomic mass is 32.1. The van der Waals surface area contributed by atoms with Gasteiger partial charge in [0.05, 0.1) is 5.69 Å². The van der Waals surface area contributed by atoms with Gasteiger partial charge in [0.2, 0.25) is 5.91 Å². The van der Waals surface area contributed by atoms with Crippen LogP contribution in [-0.4, -0.2) is 47.9 Å². The molecule has 2 aromatic carbocycles. The van der Waals surface area contributed by atoms with E-state index in [1.54, 1.807) is 0 Å². The smallest absolute Gasteiger partial charge is 0.261 e. The zero-order valence-corrected chi connectivity index (χ0v) is 18.9. The van der Waals surface area contributed by atoms with E-state index in [-0.39, 0.29) is 11.3 Å². The summed E-state index contributed by atoms with van der Waals surface area (Å²) in [4.78, 5) is 33.2. The number of ether oxygens (including phenoxy) is 1. The number of para-hydroxylation sites is 1. The third-order valence-electron chi connectivity index (χ3n) is 6.19. The number of amides is 2. The molecule has 1 aromatic heterocycles. The van der Waals surface area contributed by atoms with Crippen LogP contribution in [0.4, 0.5) is 5.13 Å². The number of hydrogen-bond donors (Lipinski definition) is 1. The molecule has 2 amide bonds. The molecule has 7 nitrogen and oxygen atoms in total. The molecule has 0 radical (unpaired) electrons. The molecule has 3 aromatic rings. The standard InChI is InChI=1S/C25H24N4O3S/c1-2-20(30)29-15-25(16-29)12-13-28(14-25)24-27-21(22(33-24)23(26)31)17-8-10-19(11-9-17)32-18-6-4-3-5-7-18/h2-11H,1,12-16H2,(H2,26,31). The number of nitrogens with zero attached hydrogens (tertiary/aromatic N) is 3. The summed E-state index contributed by atoms with van der Waals surface area (Å²) in [5.74, 6) is 0.947. The number of carbonyl (C=O) groups excluding carboxylic acids is 2. The maximum Gasteiger partial charge on any atom is 0.261 e. The van der Waals surface area contributed by atoms with Crippen molar-refractivity contribution in [2.75, 3.05) is 31.1 Å². The number of aromatic nitrogens is 1. The van der Waals surface area contributed by atoms with Crippen molar-refractivity contribution in [1.82, 2.24) is 9.88 Å². The highest BCUT2D eigenvalue weighted by Gasteiger charge is 2.49. The Balaban J connectivity index is 1.33. The molecule has 0 bridgehead atoms. The Morgan fingerprint density at radius 3 is 2.42 bits per heavy atom. The van der Waals surface area contributed by atoms with E-state index in [4.69, 9.17) is 15.5 Å². The minimum atomic E-state index is -0.487. The highest BCUT2D eigenvalue weighted by Crippen LogP contribution is 2.43.